The van der Waals surface area contributed by atoms with E-state index < -0.39 is 0 Å². The SMILES string of the molecule is CC(CO)C(C)NC(=O)c1occc1CN1C(=O)Cc2ccccc21. The summed E-state index contributed by atoms with van der Waals surface area (Å²) < 4.78 is 5.36. The van der Waals surface area contributed by atoms with Crippen LogP contribution in [-0.2, 0) is 17.8 Å². The third-order valence-corrected chi connectivity index (χ3v) is 4.71. The molecular weight excluding hydrogens is 320 g/mol. The number of hydrogen-bond acceptors (Lipinski definition) is 4. The number of aliphatic hydroxyl groups is 1. The van der Waals surface area contributed by atoms with Gasteiger partial charge in [-0.15, -0.1) is 0 Å². The highest BCUT2D eigenvalue weighted by molar-refractivity contribution is 6.01. The van der Waals surface area contributed by atoms with Gasteiger partial charge in [0.25, 0.3) is 5.91 Å². The highest BCUT2D eigenvalue weighted by Gasteiger charge is 2.29. The molecule has 0 saturated heterocycles. The zero-order valence-corrected chi connectivity index (χ0v) is 14.4. The zero-order valence-electron chi connectivity index (χ0n) is 14.4. The van der Waals surface area contributed by atoms with E-state index in [1.165, 1.54) is 6.26 Å². The number of furan rings is 1. The fourth-order valence-electron chi connectivity index (χ4n) is 2.89. The minimum Gasteiger partial charge on any atom is -0.459 e. The summed E-state index contributed by atoms with van der Waals surface area (Å²) in [6, 6.07) is 9.17. The van der Waals surface area contributed by atoms with Gasteiger partial charge < -0.3 is 19.7 Å². The van der Waals surface area contributed by atoms with Crippen LogP contribution in [0.1, 0.15) is 35.5 Å². The molecule has 1 aromatic carbocycles. The van der Waals surface area contributed by atoms with Crippen molar-refractivity contribution in [3.05, 3.63) is 53.5 Å². The molecular formula is C19H22N2O4. The Hall–Kier alpha value is -2.60. The van der Waals surface area contributed by atoms with Gasteiger partial charge in [0.05, 0.1) is 19.2 Å². The Balaban J connectivity index is 1.76. The maximum absolute atomic E-state index is 12.5. The number of anilines is 1. The van der Waals surface area contributed by atoms with Crippen molar-refractivity contribution in [2.45, 2.75) is 32.9 Å². The van der Waals surface area contributed by atoms with Gasteiger partial charge in [-0.05, 0) is 30.5 Å². The summed E-state index contributed by atoms with van der Waals surface area (Å²) in [7, 11) is 0. The summed E-state index contributed by atoms with van der Waals surface area (Å²) in [6.07, 6.45) is 1.83. The number of carbonyl (C=O) groups is 2. The van der Waals surface area contributed by atoms with E-state index in [4.69, 9.17) is 4.42 Å². The molecule has 2 aromatic rings. The quantitative estimate of drug-likeness (QED) is 0.842. The predicted octanol–water partition coefficient (Wildman–Crippen LogP) is 2.12. The third kappa shape index (κ3) is 3.44. The molecule has 2 atom stereocenters. The molecule has 2 unspecified atom stereocenters. The number of aliphatic hydroxyl groups excluding tert-OH is 1. The van der Waals surface area contributed by atoms with Crippen molar-refractivity contribution < 1.29 is 19.1 Å². The average Bonchev–Trinajstić information content (AvgIpc) is 3.19. The molecule has 3 rings (SSSR count). The average molecular weight is 342 g/mol. The van der Waals surface area contributed by atoms with Crippen molar-refractivity contribution in [2.75, 3.05) is 11.5 Å². The number of benzene rings is 1. The first kappa shape index (κ1) is 17.2. The fraction of sp³-hybridized carbons (Fsp3) is 0.368. The molecule has 0 bridgehead atoms. The monoisotopic (exact) mass is 342 g/mol. The van der Waals surface area contributed by atoms with Crippen LogP contribution in [0.3, 0.4) is 0 Å². The first-order valence-electron chi connectivity index (χ1n) is 8.37. The molecule has 2 amide bonds. The van der Waals surface area contributed by atoms with Crippen molar-refractivity contribution in [3.8, 4) is 0 Å². The lowest BCUT2D eigenvalue weighted by atomic mass is 10.0. The number of nitrogens with one attached hydrogen (secondary N) is 1. The summed E-state index contributed by atoms with van der Waals surface area (Å²) >= 11 is 0. The largest absolute Gasteiger partial charge is 0.459 e. The van der Waals surface area contributed by atoms with E-state index in [0.717, 1.165) is 11.3 Å². The minimum atomic E-state index is -0.340. The smallest absolute Gasteiger partial charge is 0.287 e. The van der Waals surface area contributed by atoms with Gasteiger partial charge in [0.1, 0.15) is 0 Å². The lowest BCUT2D eigenvalue weighted by Gasteiger charge is -2.20. The lowest BCUT2D eigenvalue weighted by molar-refractivity contribution is -0.117. The molecule has 2 N–H and O–H groups in total. The summed E-state index contributed by atoms with van der Waals surface area (Å²) in [5.74, 6) is -0.188. The van der Waals surface area contributed by atoms with Crippen molar-refractivity contribution in [1.82, 2.24) is 5.32 Å². The van der Waals surface area contributed by atoms with Crippen LogP contribution in [0.25, 0.3) is 0 Å². The molecule has 0 spiro atoms. The van der Waals surface area contributed by atoms with Crippen LogP contribution in [0.5, 0.6) is 0 Å². The third-order valence-electron chi connectivity index (χ3n) is 4.71. The number of fused-ring (bicyclic) bond motifs is 1. The second kappa shape index (κ2) is 7.11. The van der Waals surface area contributed by atoms with Crippen LogP contribution in [0.15, 0.2) is 41.0 Å². The van der Waals surface area contributed by atoms with Crippen LogP contribution in [0, 0.1) is 5.92 Å². The summed E-state index contributed by atoms with van der Waals surface area (Å²) in [6.45, 7) is 3.97. The Morgan fingerprint density at radius 2 is 2.08 bits per heavy atom. The molecule has 1 aromatic heterocycles. The summed E-state index contributed by atoms with van der Waals surface area (Å²) in [4.78, 5) is 26.5. The van der Waals surface area contributed by atoms with E-state index in [2.05, 4.69) is 5.32 Å². The molecule has 132 valence electrons. The topological polar surface area (TPSA) is 82.8 Å². The van der Waals surface area contributed by atoms with Gasteiger partial charge in [-0.25, -0.2) is 0 Å². The second-order valence-corrected chi connectivity index (χ2v) is 6.48. The Morgan fingerprint density at radius 1 is 1.32 bits per heavy atom. The maximum Gasteiger partial charge on any atom is 0.287 e. The van der Waals surface area contributed by atoms with E-state index in [9.17, 15) is 14.7 Å². The van der Waals surface area contributed by atoms with Crippen LogP contribution >= 0.6 is 0 Å². The molecule has 0 radical (unpaired) electrons. The Morgan fingerprint density at radius 3 is 2.84 bits per heavy atom. The summed E-state index contributed by atoms with van der Waals surface area (Å²) in [5, 5.41) is 12.0. The first-order chi connectivity index (χ1) is 12.0. The molecule has 0 saturated carbocycles. The summed E-state index contributed by atoms with van der Waals surface area (Å²) in [5.41, 5.74) is 2.53. The predicted molar refractivity (Wildman–Crippen MR) is 93.2 cm³/mol. The van der Waals surface area contributed by atoms with Gasteiger partial charge in [-0.2, -0.15) is 0 Å². The van der Waals surface area contributed by atoms with E-state index >= 15 is 0 Å². The highest BCUT2D eigenvalue weighted by Crippen LogP contribution is 2.30. The molecule has 1 aliphatic heterocycles. The number of amides is 2. The molecule has 6 nitrogen and oxygen atoms in total. The van der Waals surface area contributed by atoms with Crippen LogP contribution in [-0.4, -0.2) is 29.6 Å². The van der Waals surface area contributed by atoms with E-state index in [1.54, 1.807) is 11.0 Å². The van der Waals surface area contributed by atoms with Gasteiger partial charge in [0.15, 0.2) is 5.76 Å². The normalized spacial score (nSPS) is 15.8. The molecule has 1 aliphatic rings. The Bertz CT molecular complexity index is 783. The number of carbonyl (C=O) groups excluding carboxylic acids is 2. The van der Waals surface area contributed by atoms with Gasteiger partial charge in [0.2, 0.25) is 5.91 Å². The molecule has 6 heteroatoms. The second-order valence-electron chi connectivity index (χ2n) is 6.48. The van der Waals surface area contributed by atoms with Gasteiger partial charge in [0, 0.05) is 23.9 Å². The van der Waals surface area contributed by atoms with Crippen molar-refractivity contribution >= 4 is 17.5 Å². The standard InChI is InChI=1S/C19H22N2O4/c1-12(11-22)13(2)20-19(24)18-15(7-8-25-18)10-21-16-6-4-3-5-14(16)9-17(21)23/h3-8,12-13,22H,9-11H2,1-2H3,(H,20,24). The Kier molecular flexibility index (Phi) is 4.90. The van der Waals surface area contributed by atoms with Gasteiger partial charge >= 0.3 is 0 Å². The molecule has 0 aliphatic carbocycles. The van der Waals surface area contributed by atoms with E-state index in [0.29, 0.717) is 18.5 Å². The van der Waals surface area contributed by atoms with Crippen LogP contribution in [0.2, 0.25) is 0 Å². The fourth-order valence-corrected chi connectivity index (χ4v) is 2.89. The minimum absolute atomic E-state index is 0.00841. The van der Waals surface area contributed by atoms with Crippen molar-refractivity contribution in [2.24, 2.45) is 5.92 Å². The van der Waals surface area contributed by atoms with Crippen LogP contribution in [0.4, 0.5) is 5.69 Å². The molecule has 25 heavy (non-hydrogen) atoms. The molecule has 0 fully saturated rings. The van der Waals surface area contributed by atoms with Crippen LogP contribution < -0.4 is 10.2 Å². The number of rotatable bonds is 6. The van der Waals surface area contributed by atoms with E-state index in [1.807, 2.05) is 38.1 Å². The first-order valence-corrected chi connectivity index (χ1v) is 8.37. The number of hydrogen-bond donors (Lipinski definition) is 2. The lowest BCUT2D eigenvalue weighted by Crippen LogP contribution is -2.38. The number of para-hydroxylation sites is 1. The van der Waals surface area contributed by atoms with Gasteiger partial charge in [-0.1, -0.05) is 25.1 Å². The molecule has 2 heterocycles. The Labute approximate surface area is 146 Å². The van der Waals surface area contributed by atoms with Crippen molar-refractivity contribution in [1.29, 1.82) is 0 Å². The van der Waals surface area contributed by atoms with Gasteiger partial charge in [-0.3, -0.25) is 9.59 Å². The zero-order chi connectivity index (χ0) is 18.0. The highest BCUT2D eigenvalue weighted by atomic mass is 16.3. The number of nitrogens with zero attached hydrogens (tertiary/aromatic N) is 1. The van der Waals surface area contributed by atoms with E-state index in [-0.39, 0.29) is 36.1 Å². The maximum atomic E-state index is 12.5. The van der Waals surface area contributed by atoms with Crippen molar-refractivity contribution in [3.63, 3.8) is 0 Å².